The van der Waals surface area contributed by atoms with E-state index in [1.54, 1.807) is 17.7 Å². The topological polar surface area (TPSA) is 51.0 Å². The summed E-state index contributed by atoms with van der Waals surface area (Å²) in [5.41, 5.74) is 1.88. The molecule has 1 amide bonds. The van der Waals surface area contributed by atoms with Crippen LogP contribution in [0.3, 0.4) is 0 Å². The van der Waals surface area contributed by atoms with E-state index in [0.717, 1.165) is 43.0 Å². The summed E-state index contributed by atoms with van der Waals surface area (Å²) >= 11 is 1.56. The molecule has 0 unspecified atom stereocenters. The Balaban J connectivity index is 1.47. The van der Waals surface area contributed by atoms with E-state index in [1.165, 1.54) is 0 Å². The van der Waals surface area contributed by atoms with Crippen molar-refractivity contribution in [3.05, 3.63) is 64.9 Å². The lowest BCUT2D eigenvalue weighted by Gasteiger charge is -2.31. The molecule has 0 spiro atoms. The van der Waals surface area contributed by atoms with E-state index in [9.17, 15) is 4.79 Å². The fourth-order valence-electron chi connectivity index (χ4n) is 3.22. The molecule has 1 saturated heterocycles. The molecule has 0 atom stereocenters. The zero-order chi connectivity index (χ0) is 16.4. The summed E-state index contributed by atoms with van der Waals surface area (Å²) in [7, 11) is 0. The number of likely N-dealkylation sites (tertiary alicyclic amines) is 1. The molecule has 3 heterocycles. The molecule has 24 heavy (non-hydrogen) atoms. The van der Waals surface area contributed by atoms with Crippen LogP contribution in [0.5, 0.6) is 0 Å². The summed E-state index contributed by atoms with van der Waals surface area (Å²) in [5.74, 6) is 1.46. The zero-order valence-electron chi connectivity index (χ0n) is 13.2. The van der Waals surface area contributed by atoms with Gasteiger partial charge in [-0.2, -0.15) is 11.3 Å². The molecule has 1 fully saturated rings. The van der Waals surface area contributed by atoms with Gasteiger partial charge in [0.1, 0.15) is 12.2 Å². The molecule has 0 bridgehead atoms. The molecule has 0 aliphatic carbocycles. The van der Waals surface area contributed by atoms with Crippen molar-refractivity contribution in [2.75, 3.05) is 13.1 Å². The Morgan fingerprint density at radius 3 is 2.62 bits per heavy atom. The monoisotopic (exact) mass is 338 g/mol. The third-order valence-corrected chi connectivity index (χ3v) is 5.21. The van der Waals surface area contributed by atoms with E-state index in [-0.39, 0.29) is 5.91 Å². The summed E-state index contributed by atoms with van der Waals surface area (Å²) in [6.45, 7) is 1.53. The molecule has 1 aliphatic heterocycles. The van der Waals surface area contributed by atoms with Gasteiger partial charge in [0.2, 0.25) is 0 Å². The second kappa shape index (κ2) is 6.57. The fraction of sp³-hybridized carbons (Fsp3) is 0.278. The molecule has 2 aromatic heterocycles. The Labute approximate surface area is 144 Å². The van der Waals surface area contributed by atoms with Crippen LogP contribution in [-0.2, 0) is 0 Å². The molecule has 0 N–H and O–H groups in total. The van der Waals surface area contributed by atoms with E-state index in [2.05, 4.69) is 26.9 Å². The zero-order valence-corrected chi connectivity index (χ0v) is 14.0. The van der Waals surface area contributed by atoms with Crippen LogP contribution in [0.1, 0.15) is 34.9 Å². The van der Waals surface area contributed by atoms with E-state index < -0.39 is 0 Å². The first-order valence-corrected chi connectivity index (χ1v) is 9.04. The van der Waals surface area contributed by atoms with Crippen molar-refractivity contribution in [2.45, 2.75) is 18.8 Å². The Hall–Kier alpha value is -2.47. The van der Waals surface area contributed by atoms with Gasteiger partial charge in [0.15, 0.2) is 0 Å². The normalized spacial score (nSPS) is 15.6. The number of nitrogens with zero attached hydrogens (tertiary/aromatic N) is 4. The minimum Gasteiger partial charge on any atom is -0.339 e. The minimum absolute atomic E-state index is 0.138. The third kappa shape index (κ3) is 2.85. The van der Waals surface area contributed by atoms with Crippen LogP contribution >= 0.6 is 11.3 Å². The number of aromatic nitrogens is 3. The van der Waals surface area contributed by atoms with Crippen molar-refractivity contribution in [1.82, 2.24) is 19.7 Å². The Morgan fingerprint density at radius 1 is 1.12 bits per heavy atom. The highest BCUT2D eigenvalue weighted by atomic mass is 32.1. The maximum Gasteiger partial charge on any atom is 0.254 e. The number of carbonyl (C=O) groups excluding carboxylic acids is 1. The van der Waals surface area contributed by atoms with Crippen molar-refractivity contribution in [3.63, 3.8) is 0 Å². The van der Waals surface area contributed by atoms with Gasteiger partial charge in [-0.25, -0.2) is 0 Å². The first kappa shape index (κ1) is 15.1. The predicted octanol–water partition coefficient (Wildman–Crippen LogP) is 3.35. The number of carbonyl (C=O) groups is 1. The number of rotatable bonds is 3. The predicted molar refractivity (Wildman–Crippen MR) is 93.6 cm³/mol. The number of hydrogen-bond donors (Lipinski definition) is 0. The Kier molecular flexibility index (Phi) is 4.13. The molecule has 0 radical (unpaired) electrons. The number of hydrogen-bond acceptors (Lipinski definition) is 4. The lowest BCUT2D eigenvalue weighted by atomic mass is 9.95. The largest absolute Gasteiger partial charge is 0.339 e. The van der Waals surface area contributed by atoms with Crippen LogP contribution in [0.25, 0.3) is 5.69 Å². The van der Waals surface area contributed by atoms with Crippen molar-refractivity contribution in [3.8, 4) is 5.69 Å². The SMILES string of the molecule is O=C(c1ccsc1)N1CCC(c2nncn2-c2ccccc2)CC1. The maximum absolute atomic E-state index is 12.4. The first-order chi connectivity index (χ1) is 11.8. The van der Waals surface area contributed by atoms with Crippen molar-refractivity contribution < 1.29 is 4.79 Å². The summed E-state index contributed by atoms with van der Waals surface area (Å²) < 4.78 is 2.06. The lowest BCUT2D eigenvalue weighted by molar-refractivity contribution is 0.0711. The van der Waals surface area contributed by atoms with Gasteiger partial charge in [-0.05, 0) is 36.4 Å². The van der Waals surface area contributed by atoms with E-state index in [4.69, 9.17) is 0 Å². The van der Waals surface area contributed by atoms with Crippen LogP contribution in [0, 0.1) is 0 Å². The van der Waals surface area contributed by atoms with Gasteiger partial charge in [-0.1, -0.05) is 18.2 Å². The molecule has 1 aliphatic rings. The average Bonchev–Trinajstić information content (AvgIpc) is 3.34. The highest BCUT2D eigenvalue weighted by molar-refractivity contribution is 7.08. The molecule has 5 nitrogen and oxygen atoms in total. The summed E-state index contributed by atoms with van der Waals surface area (Å²) in [6, 6.07) is 12.0. The van der Waals surface area contributed by atoms with Crippen LogP contribution < -0.4 is 0 Å². The molecular weight excluding hydrogens is 320 g/mol. The van der Waals surface area contributed by atoms with Crippen LogP contribution in [0.2, 0.25) is 0 Å². The first-order valence-electron chi connectivity index (χ1n) is 8.10. The van der Waals surface area contributed by atoms with Crippen LogP contribution in [0.4, 0.5) is 0 Å². The molecule has 122 valence electrons. The van der Waals surface area contributed by atoms with Gasteiger partial charge in [0.05, 0.1) is 5.56 Å². The van der Waals surface area contributed by atoms with Gasteiger partial charge in [-0.15, -0.1) is 10.2 Å². The van der Waals surface area contributed by atoms with Crippen molar-refractivity contribution >= 4 is 17.2 Å². The minimum atomic E-state index is 0.138. The van der Waals surface area contributed by atoms with Gasteiger partial charge >= 0.3 is 0 Å². The highest BCUT2D eigenvalue weighted by Crippen LogP contribution is 2.28. The second-order valence-electron chi connectivity index (χ2n) is 5.97. The number of para-hydroxylation sites is 1. The maximum atomic E-state index is 12.4. The number of thiophene rings is 1. The van der Waals surface area contributed by atoms with E-state index >= 15 is 0 Å². The fourth-order valence-corrected chi connectivity index (χ4v) is 3.85. The Bertz CT molecular complexity index is 805. The van der Waals surface area contributed by atoms with Crippen LogP contribution in [0.15, 0.2) is 53.5 Å². The summed E-state index contributed by atoms with van der Waals surface area (Å²) in [5, 5.41) is 12.3. The Morgan fingerprint density at radius 2 is 1.92 bits per heavy atom. The van der Waals surface area contributed by atoms with Gasteiger partial charge in [-0.3, -0.25) is 9.36 Å². The summed E-state index contributed by atoms with van der Waals surface area (Å²) in [6.07, 6.45) is 3.61. The molecule has 3 aromatic rings. The van der Waals surface area contributed by atoms with E-state index in [1.807, 2.05) is 39.9 Å². The molecular formula is C18H18N4OS. The number of amides is 1. The number of benzene rings is 1. The molecule has 1 aromatic carbocycles. The third-order valence-electron chi connectivity index (χ3n) is 4.52. The van der Waals surface area contributed by atoms with E-state index in [0.29, 0.717) is 5.92 Å². The van der Waals surface area contributed by atoms with Crippen molar-refractivity contribution in [1.29, 1.82) is 0 Å². The quantitative estimate of drug-likeness (QED) is 0.736. The van der Waals surface area contributed by atoms with Gasteiger partial charge < -0.3 is 4.90 Å². The van der Waals surface area contributed by atoms with Gasteiger partial charge in [0, 0.05) is 30.1 Å². The smallest absolute Gasteiger partial charge is 0.254 e. The molecule has 0 saturated carbocycles. The number of piperidine rings is 1. The second-order valence-corrected chi connectivity index (χ2v) is 6.75. The summed E-state index contributed by atoms with van der Waals surface area (Å²) in [4.78, 5) is 14.4. The molecule has 6 heteroatoms. The van der Waals surface area contributed by atoms with Crippen LogP contribution in [-0.4, -0.2) is 38.7 Å². The standard InChI is InChI=1S/C18H18N4OS/c23-18(15-8-11-24-12-15)21-9-6-14(7-10-21)17-20-19-13-22(17)16-4-2-1-3-5-16/h1-5,8,11-14H,6-7,9-10H2. The lowest BCUT2D eigenvalue weighted by Crippen LogP contribution is -2.38. The highest BCUT2D eigenvalue weighted by Gasteiger charge is 2.27. The molecule has 4 rings (SSSR count). The van der Waals surface area contributed by atoms with Gasteiger partial charge in [0.25, 0.3) is 5.91 Å². The average molecular weight is 338 g/mol. The van der Waals surface area contributed by atoms with Crippen molar-refractivity contribution in [2.24, 2.45) is 0 Å².